The maximum absolute atomic E-state index is 8.92. The van der Waals surface area contributed by atoms with E-state index in [-0.39, 0.29) is 6.10 Å². The first-order valence-electron chi connectivity index (χ1n) is 9.75. The predicted molar refractivity (Wildman–Crippen MR) is 113 cm³/mol. The Bertz CT molecular complexity index is 1230. The fraction of sp³-hybridized carbons (Fsp3) is 0.174. The molecule has 1 aliphatic rings. The zero-order valence-electron chi connectivity index (χ0n) is 16.1. The number of benzene rings is 1. The normalized spacial score (nSPS) is 17.7. The lowest BCUT2D eigenvalue weighted by Gasteiger charge is -2.36. The first-order chi connectivity index (χ1) is 14.8. The molecule has 4 aromatic rings. The number of hydrogen-bond acceptors (Lipinski definition) is 7. The Labute approximate surface area is 173 Å². The van der Waals surface area contributed by atoms with Crippen molar-refractivity contribution in [3.8, 4) is 23.2 Å². The standard InChI is InChI=1S/C23H18N6O/c24-13-17-7-5-16(14-27-17)22-23(26-10-9-25-22)30-19-11-18(12-19)28-21-8-6-15-3-1-2-4-20(15)29-21/h1-10,14,18-19H,11-12H2,(H,28,29)/t18-,19-. The molecular weight excluding hydrogens is 376 g/mol. The van der Waals surface area contributed by atoms with Crippen LogP contribution in [-0.2, 0) is 0 Å². The minimum Gasteiger partial charge on any atom is -0.473 e. The highest BCUT2D eigenvalue weighted by atomic mass is 16.5. The number of nitriles is 1. The number of ether oxygens (including phenoxy) is 1. The summed E-state index contributed by atoms with van der Waals surface area (Å²) in [7, 11) is 0. The third kappa shape index (κ3) is 3.63. The monoisotopic (exact) mass is 394 g/mol. The number of nitrogens with zero attached hydrogens (tertiary/aromatic N) is 5. The fourth-order valence-corrected chi connectivity index (χ4v) is 3.50. The Balaban J connectivity index is 1.23. The highest BCUT2D eigenvalue weighted by molar-refractivity contribution is 5.80. The third-order valence-electron chi connectivity index (χ3n) is 5.14. The Morgan fingerprint density at radius 3 is 2.67 bits per heavy atom. The third-order valence-corrected chi connectivity index (χ3v) is 5.14. The van der Waals surface area contributed by atoms with Crippen LogP contribution in [0.2, 0.25) is 0 Å². The molecule has 1 N–H and O–H groups in total. The topological polar surface area (TPSA) is 96.6 Å². The van der Waals surface area contributed by atoms with Crippen LogP contribution < -0.4 is 10.1 Å². The summed E-state index contributed by atoms with van der Waals surface area (Å²) in [6, 6.07) is 18.0. The molecule has 1 aliphatic carbocycles. The van der Waals surface area contributed by atoms with E-state index in [1.54, 1.807) is 30.7 Å². The molecule has 1 saturated carbocycles. The molecule has 1 aromatic carbocycles. The van der Waals surface area contributed by atoms with E-state index in [2.05, 4.69) is 37.4 Å². The van der Waals surface area contributed by atoms with Gasteiger partial charge < -0.3 is 10.1 Å². The minimum atomic E-state index is 0.0600. The van der Waals surface area contributed by atoms with E-state index in [4.69, 9.17) is 10.00 Å². The SMILES string of the molecule is N#Cc1ccc(-c2nccnc2O[C@H]2C[C@H](Nc3ccc4ccccc4n3)C2)cn1. The van der Waals surface area contributed by atoms with E-state index < -0.39 is 0 Å². The number of fused-ring (bicyclic) bond motifs is 1. The van der Waals surface area contributed by atoms with Gasteiger partial charge in [0.15, 0.2) is 0 Å². The molecule has 0 aliphatic heterocycles. The first-order valence-corrected chi connectivity index (χ1v) is 9.75. The van der Waals surface area contributed by atoms with Crippen LogP contribution in [0, 0.1) is 11.3 Å². The maximum Gasteiger partial charge on any atom is 0.240 e. The second-order valence-corrected chi connectivity index (χ2v) is 7.20. The quantitative estimate of drug-likeness (QED) is 0.547. The average Bonchev–Trinajstić information content (AvgIpc) is 2.78. The van der Waals surface area contributed by atoms with Crippen LogP contribution in [0.5, 0.6) is 5.88 Å². The number of anilines is 1. The van der Waals surface area contributed by atoms with Gasteiger partial charge in [0.1, 0.15) is 29.4 Å². The molecule has 146 valence electrons. The molecule has 7 nitrogen and oxygen atoms in total. The average molecular weight is 394 g/mol. The molecule has 0 atom stereocenters. The lowest BCUT2D eigenvalue weighted by molar-refractivity contribution is 0.103. The van der Waals surface area contributed by atoms with Crippen molar-refractivity contribution in [2.24, 2.45) is 0 Å². The minimum absolute atomic E-state index is 0.0600. The van der Waals surface area contributed by atoms with Gasteiger partial charge in [-0.15, -0.1) is 0 Å². The number of rotatable bonds is 5. The number of para-hydroxylation sites is 1. The molecule has 0 amide bonds. The fourth-order valence-electron chi connectivity index (χ4n) is 3.50. The van der Waals surface area contributed by atoms with Gasteiger partial charge >= 0.3 is 0 Å². The number of pyridine rings is 2. The summed E-state index contributed by atoms with van der Waals surface area (Å²) in [4.78, 5) is 17.5. The van der Waals surface area contributed by atoms with Gasteiger partial charge in [-0.1, -0.05) is 18.2 Å². The van der Waals surface area contributed by atoms with Crippen LogP contribution in [-0.4, -0.2) is 32.1 Å². The molecule has 1 fully saturated rings. The van der Waals surface area contributed by atoms with Crippen LogP contribution >= 0.6 is 0 Å². The second-order valence-electron chi connectivity index (χ2n) is 7.20. The van der Waals surface area contributed by atoms with Crippen LogP contribution in [0.1, 0.15) is 18.5 Å². The number of nitrogens with one attached hydrogen (secondary N) is 1. The molecule has 0 spiro atoms. The van der Waals surface area contributed by atoms with Crippen molar-refractivity contribution in [2.75, 3.05) is 5.32 Å². The Morgan fingerprint density at radius 1 is 0.967 bits per heavy atom. The van der Waals surface area contributed by atoms with E-state index in [0.29, 0.717) is 23.3 Å². The highest BCUT2D eigenvalue weighted by Gasteiger charge is 2.32. The van der Waals surface area contributed by atoms with Crippen LogP contribution in [0.25, 0.3) is 22.2 Å². The van der Waals surface area contributed by atoms with Crippen molar-refractivity contribution in [2.45, 2.75) is 25.0 Å². The molecule has 30 heavy (non-hydrogen) atoms. The molecule has 3 aromatic heterocycles. The highest BCUT2D eigenvalue weighted by Crippen LogP contribution is 2.32. The van der Waals surface area contributed by atoms with Crippen molar-refractivity contribution in [1.29, 1.82) is 5.26 Å². The molecule has 0 bridgehead atoms. The van der Waals surface area contributed by atoms with Crippen LogP contribution in [0.4, 0.5) is 5.82 Å². The summed E-state index contributed by atoms with van der Waals surface area (Å²) in [5, 5.41) is 13.5. The second kappa shape index (κ2) is 7.76. The molecule has 0 radical (unpaired) electrons. The molecule has 0 saturated heterocycles. The molecule has 0 unspecified atom stereocenters. The molecule has 3 heterocycles. The molecular formula is C23H18N6O. The van der Waals surface area contributed by atoms with Crippen LogP contribution in [0.3, 0.4) is 0 Å². The van der Waals surface area contributed by atoms with Crippen molar-refractivity contribution in [1.82, 2.24) is 19.9 Å². The molecule has 7 heteroatoms. The van der Waals surface area contributed by atoms with E-state index in [0.717, 1.165) is 35.1 Å². The lowest BCUT2D eigenvalue weighted by atomic mass is 9.89. The van der Waals surface area contributed by atoms with E-state index in [1.165, 1.54) is 0 Å². The smallest absolute Gasteiger partial charge is 0.240 e. The van der Waals surface area contributed by atoms with E-state index >= 15 is 0 Å². The van der Waals surface area contributed by atoms with Gasteiger partial charge in [0.2, 0.25) is 5.88 Å². The van der Waals surface area contributed by atoms with E-state index in [9.17, 15) is 0 Å². The van der Waals surface area contributed by atoms with Gasteiger partial charge in [0.25, 0.3) is 0 Å². The zero-order chi connectivity index (χ0) is 20.3. The van der Waals surface area contributed by atoms with Crippen LogP contribution in [0.15, 0.2) is 67.1 Å². The first kappa shape index (κ1) is 18.0. The summed E-state index contributed by atoms with van der Waals surface area (Å²) in [5.74, 6) is 1.36. The van der Waals surface area contributed by atoms with E-state index in [1.807, 2.05) is 30.3 Å². The number of hydrogen-bond donors (Lipinski definition) is 1. The summed E-state index contributed by atoms with van der Waals surface area (Å²) < 4.78 is 6.10. The zero-order valence-corrected chi connectivity index (χ0v) is 16.1. The van der Waals surface area contributed by atoms with Gasteiger partial charge in [0, 0.05) is 48.4 Å². The number of aromatic nitrogens is 4. The van der Waals surface area contributed by atoms with Gasteiger partial charge in [-0.2, -0.15) is 5.26 Å². The predicted octanol–water partition coefficient (Wildman–Crippen LogP) is 3.98. The van der Waals surface area contributed by atoms with Gasteiger partial charge in [-0.25, -0.2) is 19.9 Å². The summed E-state index contributed by atoms with van der Waals surface area (Å²) in [5.41, 5.74) is 2.74. The Morgan fingerprint density at radius 2 is 1.83 bits per heavy atom. The van der Waals surface area contributed by atoms with Crippen molar-refractivity contribution in [3.63, 3.8) is 0 Å². The van der Waals surface area contributed by atoms with Crippen molar-refractivity contribution >= 4 is 16.7 Å². The van der Waals surface area contributed by atoms with Crippen molar-refractivity contribution < 1.29 is 4.74 Å². The largest absolute Gasteiger partial charge is 0.473 e. The lowest BCUT2D eigenvalue weighted by Crippen LogP contribution is -2.42. The van der Waals surface area contributed by atoms with Crippen molar-refractivity contribution in [3.05, 3.63) is 72.8 Å². The van der Waals surface area contributed by atoms with Gasteiger partial charge in [0.05, 0.1) is 5.52 Å². The Hall–Kier alpha value is -4.05. The summed E-state index contributed by atoms with van der Waals surface area (Å²) in [6.45, 7) is 0. The van der Waals surface area contributed by atoms with Gasteiger partial charge in [-0.3, -0.25) is 0 Å². The van der Waals surface area contributed by atoms with Gasteiger partial charge in [-0.05, 0) is 30.3 Å². The molecule has 5 rings (SSSR count). The Kier molecular flexibility index (Phi) is 4.66. The summed E-state index contributed by atoms with van der Waals surface area (Å²) >= 11 is 0. The summed E-state index contributed by atoms with van der Waals surface area (Å²) in [6.07, 6.45) is 6.63. The maximum atomic E-state index is 8.92.